The fraction of sp³-hybridized carbons (Fsp3) is 0.435. The summed E-state index contributed by atoms with van der Waals surface area (Å²) in [6.07, 6.45) is 0.788. The van der Waals surface area contributed by atoms with Gasteiger partial charge in [-0.25, -0.2) is 0 Å². The Labute approximate surface area is 177 Å². The molecule has 7 nitrogen and oxygen atoms in total. The lowest BCUT2D eigenvalue weighted by molar-refractivity contribution is -0.383. The van der Waals surface area contributed by atoms with Crippen LogP contribution in [0.1, 0.15) is 26.3 Å². The number of carbonyl (C=O) groups is 1. The van der Waals surface area contributed by atoms with Crippen LogP contribution in [0.15, 0.2) is 48.5 Å². The summed E-state index contributed by atoms with van der Waals surface area (Å²) in [5, 5.41) is 14.7. The standard InChI is InChI=1S/C23H30N4O3/c1-23(2,3)22(28)26-15-13-25(14-16-26)19-9-10-21(27(29)30)20(17-19)24-12-11-18-7-5-4-6-8-18/h4-10,17,24H,11-16H2,1-3H3. The number of nitrogens with zero attached hydrogens (tertiary/aromatic N) is 3. The minimum atomic E-state index is -0.384. The summed E-state index contributed by atoms with van der Waals surface area (Å²) in [7, 11) is 0. The van der Waals surface area contributed by atoms with E-state index in [1.807, 2.05) is 62.1 Å². The Bertz CT molecular complexity index is 885. The van der Waals surface area contributed by atoms with E-state index in [0.717, 1.165) is 12.1 Å². The van der Waals surface area contributed by atoms with Crippen LogP contribution in [0.3, 0.4) is 0 Å². The van der Waals surface area contributed by atoms with Gasteiger partial charge in [-0.2, -0.15) is 0 Å². The predicted molar refractivity (Wildman–Crippen MR) is 120 cm³/mol. The third-order valence-electron chi connectivity index (χ3n) is 5.32. The predicted octanol–water partition coefficient (Wildman–Crippen LogP) is 3.94. The van der Waals surface area contributed by atoms with Crippen molar-refractivity contribution in [3.05, 3.63) is 64.2 Å². The van der Waals surface area contributed by atoms with E-state index >= 15 is 0 Å². The molecule has 1 amide bonds. The molecule has 0 radical (unpaired) electrons. The van der Waals surface area contributed by atoms with Gasteiger partial charge in [-0.15, -0.1) is 0 Å². The van der Waals surface area contributed by atoms with E-state index in [0.29, 0.717) is 38.4 Å². The quantitative estimate of drug-likeness (QED) is 0.576. The molecule has 1 N–H and O–H groups in total. The summed E-state index contributed by atoms with van der Waals surface area (Å²) < 4.78 is 0. The Hall–Kier alpha value is -3.09. The number of amides is 1. The van der Waals surface area contributed by atoms with Crippen molar-refractivity contribution < 1.29 is 9.72 Å². The Morgan fingerprint density at radius 1 is 1.07 bits per heavy atom. The minimum Gasteiger partial charge on any atom is -0.379 e. The summed E-state index contributed by atoms with van der Waals surface area (Å²) >= 11 is 0. The maximum absolute atomic E-state index is 12.5. The highest BCUT2D eigenvalue weighted by Crippen LogP contribution is 2.30. The van der Waals surface area contributed by atoms with Gasteiger partial charge < -0.3 is 15.1 Å². The van der Waals surface area contributed by atoms with E-state index in [1.165, 1.54) is 5.56 Å². The van der Waals surface area contributed by atoms with Crippen molar-refractivity contribution in [1.82, 2.24) is 4.90 Å². The molecular weight excluding hydrogens is 380 g/mol. The zero-order valence-electron chi connectivity index (χ0n) is 17.9. The molecule has 0 aliphatic carbocycles. The van der Waals surface area contributed by atoms with Crippen molar-refractivity contribution in [3.8, 4) is 0 Å². The maximum Gasteiger partial charge on any atom is 0.292 e. The number of hydrogen-bond donors (Lipinski definition) is 1. The molecule has 0 unspecified atom stereocenters. The zero-order chi connectivity index (χ0) is 21.7. The normalized spacial score (nSPS) is 14.5. The molecule has 2 aromatic carbocycles. The number of hydrogen-bond acceptors (Lipinski definition) is 5. The first kappa shape index (κ1) is 21.6. The summed E-state index contributed by atoms with van der Waals surface area (Å²) in [5.41, 5.74) is 2.34. The fourth-order valence-corrected chi connectivity index (χ4v) is 3.65. The molecule has 1 heterocycles. The third kappa shape index (κ3) is 5.28. The molecule has 1 aliphatic rings. The fourth-order valence-electron chi connectivity index (χ4n) is 3.65. The number of carbonyl (C=O) groups excluding carboxylic acids is 1. The van der Waals surface area contributed by atoms with Gasteiger partial charge in [0.1, 0.15) is 5.69 Å². The van der Waals surface area contributed by atoms with Crippen molar-refractivity contribution in [1.29, 1.82) is 0 Å². The second-order valence-electron chi connectivity index (χ2n) is 8.65. The second-order valence-corrected chi connectivity index (χ2v) is 8.65. The van der Waals surface area contributed by atoms with Crippen LogP contribution in [0.2, 0.25) is 0 Å². The Kier molecular flexibility index (Phi) is 6.59. The van der Waals surface area contributed by atoms with Gasteiger partial charge in [0.2, 0.25) is 5.91 Å². The average molecular weight is 411 g/mol. The van der Waals surface area contributed by atoms with E-state index in [1.54, 1.807) is 12.1 Å². The van der Waals surface area contributed by atoms with Crippen molar-refractivity contribution in [2.24, 2.45) is 5.41 Å². The van der Waals surface area contributed by atoms with Crippen LogP contribution >= 0.6 is 0 Å². The molecule has 0 spiro atoms. The molecule has 0 aromatic heterocycles. The highest BCUT2D eigenvalue weighted by Gasteiger charge is 2.30. The van der Waals surface area contributed by atoms with Crippen LogP contribution in [0.5, 0.6) is 0 Å². The molecule has 1 aliphatic heterocycles. The molecule has 1 saturated heterocycles. The number of benzene rings is 2. The Morgan fingerprint density at radius 2 is 1.73 bits per heavy atom. The molecule has 0 bridgehead atoms. The lowest BCUT2D eigenvalue weighted by Gasteiger charge is -2.38. The van der Waals surface area contributed by atoms with Crippen LogP contribution in [-0.4, -0.2) is 48.5 Å². The van der Waals surface area contributed by atoms with Crippen LogP contribution in [0.4, 0.5) is 17.1 Å². The van der Waals surface area contributed by atoms with Crippen LogP contribution in [-0.2, 0) is 11.2 Å². The van der Waals surface area contributed by atoms with Crippen molar-refractivity contribution in [3.63, 3.8) is 0 Å². The minimum absolute atomic E-state index is 0.0772. The number of piperazine rings is 1. The first-order chi connectivity index (χ1) is 14.3. The number of nitrogens with one attached hydrogen (secondary N) is 1. The lowest BCUT2D eigenvalue weighted by Crippen LogP contribution is -2.51. The highest BCUT2D eigenvalue weighted by molar-refractivity contribution is 5.82. The smallest absolute Gasteiger partial charge is 0.292 e. The molecule has 0 atom stereocenters. The summed E-state index contributed by atoms with van der Waals surface area (Å²) in [6, 6.07) is 15.2. The van der Waals surface area contributed by atoms with Gasteiger partial charge in [0.25, 0.3) is 5.69 Å². The Balaban J connectivity index is 1.67. The summed E-state index contributed by atoms with van der Waals surface area (Å²) in [4.78, 5) is 27.7. The first-order valence-electron chi connectivity index (χ1n) is 10.4. The van der Waals surface area contributed by atoms with E-state index in [9.17, 15) is 14.9 Å². The highest BCUT2D eigenvalue weighted by atomic mass is 16.6. The van der Waals surface area contributed by atoms with Gasteiger partial charge in [0, 0.05) is 49.9 Å². The summed E-state index contributed by atoms with van der Waals surface area (Å²) in [5.74, 6) is 0.161. The molecule has 0 saturated carbocycles. The molecule has 2 aromatic rings. The zero-order valence-corrected chi connectivity index (χ0v) is 17.9. The third-order valence-corrected chi connectivity index (χ3v) is 5.32. The maximum atomic E-state index is 12.5. The molecule has 1 fully saturated rings. The van der Waals surface area contributed by atoms with E-state index in [-0.39, 0.29) is 21.9 Å². The number of nitro benzene ring substituents is 1. The number of nitro groups is 1. The van der Waals surface area contributed by atoms with Crippen molar-refractivity contribution in [2.75, 3.05) is 42.9 Å². The summed E-state index contributed by atoms with van der Waals surface area (Å²) in [6.45, 7) is 9.16. The molecule has 3 rings (SSSR count). The van der Waals surface area contributed by atoms with Gasteiger partial charge in [0.05, 0.1) is 4.92 Å². The molecule has 160 valence electrons. The Morgan fingerprint density at radius 3 is 2.33 bits per heavy atom. The van der Waals surface area contributed by atoms with E-state index in [4.69, 9.17) is 0 Å². The monoisotopic (exact) mass is 410 g/mol. The van der Waals surface area contributed by atoms with Crippen LogP contribution in [0.25, 0.3) is 0 Å². The topological polar surface area (TPSA) is 78.7 Å². The van der Waals surface area contributed by atoms with Crippen LogP contribution in [0, 0.1) is 15.5 Å². The molecule has 7 heteroatoms. The lowest BCUT2D eigenvalue weighted by atomic mass is 9.94. The van der Waals surface area contributed by atoms with Gasteiger partial charge in [0.15, 0.2) is 0 Å². The van der Waals surface area contributed by atoms with E-state index in [2.05, 4.69) is 10.2 Å². The molecular formula is C23H30N4O3. The van der Waals surface area contributed by atoms with Crippen LogP contribution < -0.4 is 10.2 Å². The first-order valence-corrected chi connectivity index (χ1v) is 10.4. The second kappa shape index (κ2) is 9.15. The SMILES string of the molecule is CC(C)(C)C(=O)N1CCN(c2ccc([N+](=O)[O-])c(NCCc3ccccc3)c2)CC1. The van der Waals surface area contributed by atoms with Gasteiger partial charge in [-0.05, 0) is 24.1 Å². The molecule has 30 heavy (non-hydrogen) atoms. The number of rotatable bonds is 6. The largest absolute Gasteiger partial charge is 0.379 e. The van der Waals surface area contributed by atoms with Crippen molar-refractivity contribution in [2.45, 2.75) is 27.2 Å². The van der Waals surface area contributed by atoms with Gasteiger partial charge in [-0.3, -0.25) is 14.9 Å². The van der Waals surface area contributed by atoms with Crippen molar-refractivity contribution >= 4 is 23.0 Å². The number of anilines is 2. The van der Waals surface area contributed by atoms with Gasteiger partial charge in [-0.1, -0.05) is 51.1 Å². The van der Waals surface area contributed by atoms with E-state index < -0.39 is 0 Å². The average Bonchev–Trinajstić information content (AvgIpc) is 2.73. The van der Waals surface area contributed by atoms with Gasteiger partial charge >= 0.3 is 0 Å².